The van der Waals surface area contributed by atoms with Gasteiger partial charge in [0.2, 0.25) is 0 Å². The van der Waals surface area contributed by atoms with Crippen LogP contribution >= 0.6 is 0 Å². The minimum absolute atomic E-state index is 0.105. The van der Waals surface area contributed by atoms with Gasteiger partial charge in [-0.1, -0.05) is 5.06 Å². The predicted molar refractivity (Wildman–Crippen MR) is 57.2 cm³/mol. The quantitative estimate of drug-likeness (QED) is 0.397. The highest BCUT2D eigenvalue weighted by molar-refractivity contribution is 5.94. The van der Waals surface area contributed by atoms with E-state index in [-0.39, 0.29) is 11.5 Å². The fourth-order valence-electron chi connectivity index (χ4n) is 1.48. The molecule has 0 aliphatic carbocycles. The van der Waals surface area contributed by atoms with Crippen LogP contribution in [0.25, 0.3) is 0 Å². The third kappa shape index (κ3) is 1.32. The fourth-order valence-corrected chi connectivity index (χ4v) is 1.48. The molecule has 0 aromatic heterocycles. The van der Waals surface area contributed by atoms with E-state index in [0.29, 0.717) is 9.80 Å². The van der Waals surface area contributed by atoms with Crippen molar-refractivity contribution in [2.24, 2.45) is 5.73 Å². The van der Waals surface area contributed by atoms with E-state index < -0.39 is 11.1 Å². The van der Waals surface area contributed by atoms with Crippen LogP contribution in [0.3, 0.4) is 0 Å². The van der Waals surface area contributed by atoms with Gasteiger partial charge in [0, 0.05) is 11.3 Å². The van der Waals surface area contributed by atoms with Crippen LogP contribution < -0.4 is 5.73 Å². The maximum Gasteiger partial charge on any atom is 0.333 e. The number of rotatable bonds is 1. The van der Waals surface area contributed by atoms with Crippen molar-refractivity contribution >= 4 is 5.84 Å². The van der Waals surface area contributed by atoms with Crippen LogP contribution in [0, 0.1) is 16.5 Å². The lowest BCUT2D eigenvalue weighted by Crippen LogP contribution is -2.53. The first kappa shape index (κ1) is 12.3. The third-order valence-corrected chi connectivity index (χ3v) is 3.38. The monoisotopic (exact) mass is 223 g/mol. The Morgan fingerprint density at radius 3 is 2.38 bits per heavy atom. The lowest BCUT2D eigenvalue weighted by atomic mass is 9.84. The molecule has 0 spiro atoms. The standard InChI is InChI=1S/C10H15N4O2/c1-9(2)10(3,4)14(16)8(13(9)15)7(12)5-6-11/h5H,12H2,1-4H3/b7-5-. The molecule has 0 fully saturated rings. The van der Waals surface area contributed by atoms with E-state index in [1.807, 2.05) is 0 Å². The zero-order chi connectivity index (χ0) is 12.7. The average Bonchev–Trinajstić information content (AvgIpc) is 2.27. The summed E-state index contributed by atoms with van der Waals surface area (Å²) in [4.78, 5) is 0. The van der Waals surface area contributed by atoms with Gasteiger partial charge < -0.3 is 10.9 Å². The van der Waals surface area contributed by atoms with Gasteiger partial charge in [-0.25, -0.2) is 0 Å². The lowest BCUT2D eigenvalue weighted by Gasteiger charge is -2.32. The topological polar surface area (TPSA) is 99.0 Å². The van der Waals surface area contributed by atoms with Gasteiger partial charge >= 0.3 is 5.84 Å². The molecule has 6 heteroatoms. The van der Waals surface area contributed by atoms with E-state index in [1.165, 1.54) is 0 Å². The molecule has 0 aromatic rings. The number of amidine groups is 1. The molecule has 0 saturated carbocycles. The molecule has 1 aliphatic rings. The van der Waals surface area contributed by atoms with E-state index in [4.69, 9.17) is 11.0 Å². The first-order chi connectivity index (χ1) is 7.17. The second kappa shape index (κ2) is 3.39. The van der Waals surface area contributed by atoms with E-state index >= 15 is 0 Å². The van der Waals surface area contributed by atoms with Crippen LogP contribution in [0.5, 0.6) is 0 Å². The number of nitrogens with zero attached hydrogens (tertiary/aromatic N) is 3. The lowest BCUT2D eigenvalue weighted by molar-refractivity contribution is -0.539. The molecule has 0 saturated heterocycles. The largest absolute Gasteiger partial charge is 0.714 e. The van der Waals surface area contributed by atoms with Crippen molar-refractivity contribution in [1.29, 1.82) is 5.26 Å². The molecule has 1 radical (unpaired) electrons. The summed E-state index contributed by atoms with van der Waals surface area (Å²) < 4.78 is 0.573. The minimum Gasteiger partial charge on any atom is -0.714 e. The minimum atomic E-state index is -0.905. The summed E-state index contributed by atoms with van der Waals surface area (Å²) in [7, 11) is 0. The first-order valence-electron chi connectivity index (χ1n) is 4.85. The van der Waals surface area contributed by atoms with Gasteiger partial charge in [-0.05, 0) is 27.7 Å². The Morgan fingerprint density at radius 1 is 1.56 bits per heavy atom. The van der Waals surface area contributed by atoms with Gasteiger partial charge in [0.05, 0.1) is 6.07 Å². The second-order valence-electron chi connectivity index (χ2n) is 4.76. The molecular weight excluding hydrogens is 208 g/mol. The zero-order valence-electron chi connectivity index (χ0n) is 9.81. The van der Waals surface area contributed by atoms with Crippen LogP contribution in [-0.4, -0.2) is 26.7 Å². The summed E-state index contributed by atoms with van der Waals surface area (Å²) in [5.41, 5.74) is 3.62. The van der Waals surface area contributed by atoms with Crippen LogP contribution in [0.1, 0.15) is 27.7 Å². The Labute approximate surface area is 94.4 Å². The number of hydrogen-bond donors (Lipinski definition) is 1. The van der Waals surface area contributed by atoms with Crippen LogP contribution in [0.2, 0.25) is 0 Å². The molecule has 2 N–H and O–H groups in total. The fraction of sp³-hybridized carbons (Fsp3) is 0.600. The summed E-state index contributed by atoms with van der Waals surface area (Å²) in [6.45, 7) is 6.66. The Morgan fingerprint density at radius 2 is 2.06 bits per heavy atom. The van der Waals surface area contributed by atoms with Crippen molar-refractivity contribution in [1.82, 2.24) is 5.06 Å². The molecule has 0 bridgehead atoms. The van der Waals surface area contributed by atoms with Crippen molar-refractivity contribution < 1.29 is 9.95 Å². The van der Waals surface area contributed by atoms with Crippen molar-refractivity contribution in [3.05, 3.63) is 17.0 Å². The molecule has 0 amide bonds. The Hall–Kier alpha value is -1.74. The van der Waals surface area contributed by atoms with Crippen LogP contribution in [0.4, 0.5) is 0 Å². The number of nitrogens with two attached hydrogens (primary N) is 1. The summed E-state index contributed by atoms with van der Waals surface area (Å²) >= 11 is 0. The normalized spacial score (nSPS) is 23.5. The summed E-state index contributed by atoms with van der Waals surface area (Å²) in [5.74, 6) is -0.198. The number of hydroxylamine groups is 3. The molecule has 16 heavy (non-hydrogen) atoms. The van der Waals surface area contributed by atoms with E-state index in [0.717, 1.165) is 6.08 Å². The van der Waals surface area contributed by atoms with E-state index in [1.54, 1.807) is 33.8 Å². The van der Waals surface area contributed by atoms with Crippen molar-refractivity contribution in [3.8, 4) is 6.07 Å². The van der Waals surface area contributed by atoms with Gasteiger partial charge in [-0.2, -0.15) is 5.26 Å². The van der Waals surface area contributed by atoms with E-state index in [9.17, 15) is 10.4 Å². The molecule has 1 heterocycles. The summed E-state index contributed by atoms with van der Waals surface area (Å²) in [6.07, 6.45) is 0.989. The second-order valence-corrected chi connectivity index (χ2v) is 4.76. The molecule has 0 aromatic carbocycles. The van der Waals surface area contributed by atoms with Gasteiger partial charge in [0.15, 0.2) is 5.54 Å². The zero-order valence-corrected chi connectivity index (χ0v) is 9.81. The Bertz CT molecular complexity index is 415. The predicted octanol–water partition coefficient (Wildman–Crippen LogP) is 0.480. The smallest absolute Gasteiger partial charge is 0.333 e. The number of hydrogen-bond acceptors (Lipinski definition) is 4. The van der Waals surface area contributed by atoms with Gasteiger partial charge in [-0.15, -0.1) is 0 Å². The number of nitriles is 1. The average molecular weight is 223 g/mol. The van der Waals surface area contributed by atoms with E-state index in [2.05, 4.69) is 0 Å². The molecular formula is C10H15N4O2. The SMILES string of the molecule is CC1(C)N([O])C(/C(N)=C/C#N)=[N+]([O-])C1(C)C. The van der Waals surface area contributed by atoms with Crippen molar-refractivity contribution in [2.75, 3.05) is 0 Å². The molecule has 1 rings (SSSR count). The highest BCUT2D eigenvalue weighted by atomic mass is 16.5. The third-order valence-electron chi connectivity index (χ3n) is 3.38. The maximum absolute atomic E-state index is 12.0. The van der Waals surface area contributed by atoms with Gasteiger partial charge in [0.25, 0.3) is 0 Å². The van der Waals surface area contributed by atoms with Crippen molar-refractivity contribution in [3.63, 3.8) is 0 Å². The molecule has 1 aliphatic heterocycles. The van der Waals surface area contributed by atoms with Gasteiger partial charge in [-0.3, -0.25) is 4.74 Å². The molecule has 0 unspecified atom stereocenters. The first-order valence-corrected chi connectivity index (χ1v) is 4.85. The molecule has 87 valence electrons. The highest BCUT2D eigenvalue weighted by Crippen LogP contribution is 2.36. The molecule has 0 atom stereocenters. The van der Waals surface area contributed by atoms with Crippen LogP contribution in [0.15, 0.2) is 11.8 Å². The van der Waals surface area contributed by atoms with Gasteiger partial charge in [0.1, 0.15) is 11.2 Å². The Kier molecular flexibility index (Phi) is 2.61. The Balaban J connectivity index is 3.38. The van der Waals surface area contributed by atoms with Crippen molar-refractivity contribution in [2.45, 2.75) is 38.8 Å². The maximum atomic E-state index is 12.0. The summed E-state index contributed by atoms with van der Waals surface area (Å²) in [6, 6.07) is 1.70. The molecule has 6 nitrogen and oxygen atoms in total. The number of allylic oxidation sites excluding steroid dienone is 1. The summed E-state index contributed by atoms with van der Waals surface area (Å²) in [5, 5.41) is 33.0. The van der Waals surface area contributed by atoms with Crippen LogP contribution in [-0.2, 0) is 5.21 Å². The highest BCUT2D eigenvalue weighted by Gasteiger charge is 2.60.